The molecule has 0 atom stereocenters. The van der Waals surface area contributed by atoms with Crippen LogP contribution >= 0.6 is 24.0 Å². The Morgan fingerprint density at radius 2 is 1.92 bits per heavy atom. The van der Waals surface area contributed by atoms with E-state index in [1.54, 1.807) is 12.1 Å². The van der Waals surface area contributed by atoms with Crippen LogP contribution in [0.1, 0.15) is 18.3 Å². The van der Waals surface area contributed by atoms with Crippen molar-refractivity contribution in [2.24, 2.45) is 4.99 Å². The molecule has 2 heterocycles. The number of guanidine groups is 1. The molecule has 0 aliphatic rings. The van der Waals surface area contributed by atoms with Gasteiger partial charge in [0.1, 0.15) is 5.82 Å². The van der Waals surface area contributed by atoms with E-state index >= 15 is 0 Å². The first-order valence-corrected chi connectivity index (χ1v) is 7.81. The van der Waals surface area contributed by atoms with Crippen molar-refractivity contribution < 1.29 is 4.39 Å². The summed E-state index contributed by atoms with van der Waals surface area (Å²) in [5.41, 5.74) is 1.75. The zero-order valence-corrected chi connectivity index (χ0v) is 16.1. The minimum atomic E-state index is -0.244. The lowest BCUT2D eigenvalue weighted by Gasteiger charge is -2.10. The monoisotopic (exact) mass is 454 g/mol. The number of benzene rings is 1. The standard InChI is InChI=1S/C17H19FN6.HI/c1-2-19-17(20-11-13-6-8-14(18)9-7-13)21-12-16-23-22-15-5-3-4-10-24(15)16;/h3-10H,2,11-12H2,1H3,(H2,19,20,21);1H. The Balaban J connectivity index is 0.00000225. The number of aromatic nitrogens is 3. The van der Waals surface area contributed by atoms with Gasteiger partial charge < -0.3 is 10.6 Å². The van der Waals surface area contributed by atoms with Gasteiger partial charge >= 0.3 is 0 Å². The van der Waals surface area contributed by atoms with E-state index in [1.807, 2.05) is 35.7 Å². The molecule has 0 saturated carbocycles. The molecule has 1 aromatic carbocycles. The summed E-state index contributed by atoms with van der Waals surface area (Å²) in [6, 6.07) is 12.1. The number of pyridine rings is 1. The Kier molecular flexibility index (Phi) is 7.11. The molecule has 3 aromatic rings. The molecule has 0 amide bonds. The number of aliphatic imine (C=N–C) groups is 1. The summed E-state index contributed by atoms with van der Waals surface area (Å²) in [7, 11) is 0. The average Bonchev–Trinajstić information content (AvgIpc) is 3.02. The molecule has 8 heteroatoms. The summed E-state index contributed by atoms with van der Waals surface area (Å²) in [5, 5.41) is 14.7. The van der Waals surface area contributed by atoms with Gasteiger partial charge in [0.15, 0.2) is 17.4 Å². The maximum Gasteiger partial charge on any atom is 0.191 e. The van der Waals surface area contributed by atoms with Gasteiger partial charge in [0.05, 0.1) is 13.1 Å². The van der Waals surface area contributed by atoms with Crippen LogP contribution < -0.4 is 10.6 Å². The van der Waals surface area contributed by atoms with Gasteiger partial charge in [0.25, 0.3) is 0 Å². The van der Waals surface area contributed by atoms with Gasteiger partial charge in [-0.1, -0.05) is 18.2 Å². The molecule has 3 rings (SSSR count). The van der Waals surface area contributed by atoms with Crippen molar-refractivity contribution in [1.82, 2.24) is 25.2 Å². The molecule has 0 bridgehead atoms. The molecule has 0 unspecified atom stereocenters. The predicted molar refractivity (Wildman–Crippen MR) is 106 cm³/mol. The van der Waals surface area contributed by atoms with Gasteiger partial charge in [0.2, 0.25) is 0 Å². The molecule has 6 nitrogen and oxygen atoms in total. The fourth-order valence-electron chi connectivity index (χ4n) is 2.28. The number of nitrogens with zero attached hydrogens (tertiary/aromatic N) is 4. The fourth-order valence-corrected chi connectivity index (χ4v) is 2.28. The topological polar surface area (TPSA) is 66.6 Å². The van der Waals surface area contributed by atoms with Gasteiger partial charge in [-0.25, -0.2) is 9.38 Å². The first-order valence-electron chi connectivity index (χ1n) is 7.81. The van der Waals surface area contributed by atoms with E-state index in [1.165, 1.54) is 12.1 Å². The van der Waals surface area contributed by atoms with Crippen LogP contribution in [0.5, 0.6) is 0 Å². The molecular weight excluding hydrogens is 434 g/mol. The molecular formula is C17H20FIN6. The molecule has 0 radical (unpaired) electrons. The summed E-state index contributed by atoms with van der Waals surface area (Å²) < 4.78 is 14.9. The molecule has 2 aromatic heterocycles. The lowest BCUT2D eigenvalue weighted by atomic mass is 10.2. The number of fused-ring (bicyclic) bond motifs is 1. The molecule has 0 fully saturated rings. The average molecular weight is 454 g/mol. The van der Waals surface area contributed by atoms with Gasteiger partial charge in [-0.05, 0) is 36.8 Å². The Bertz CT molecular complexity index is 831. The van der Waals surface area contributed by atoms with E-state index in [4.69, 9.17) is 0 Å². The maximum atomic E-state index is 12.9. The Morgan fingerprint density at radius 3 is 2.68 bits per heavy atom. The van der Waals surface area contributed by atoms with Crippen LogP contribution in [0.25, 0.3) is 5.65 Å². The fraction of sp³-hybridized carbons (Fsp3) is 0.235. The van der Waals surface area contributed by atoms with Crippen molar-refractivity contribution in [1.29, 1.82) is 0 Å². The van der Waals surface area contributed by atoms with Gasteiger partial charge in [-0.15, -0.1) is 34.2 Å². The lowest BCUT2D eigenvalue weighted by molar-refractivity contribution is 0.627. The minimum Gasteiger partial charge on any atom is -0.357 e. The number of hydrogen-bond acceptors (Lipinski definition) is 3. The first kappa shape index (κ1) is 19.1. The third-order valence-corrected chi connectivity index (χ3v) is 3.48. The van der Waals surface area contributed by atoms with Crippen LogP contribution in [0.4, 0.5) is 4.39 Å². The van der Waals surface area contributed by atoms with E-state index in [0.717, 1.165) is 23.6 Å². The number of rotatable bonds is 5. The highest BCUT2D eigenvalue weighted by Gasteiger charge is 2.05. The van der Waals surface area contributed by atoms with E-state index in [2.05, 4.69) is 25.8 Å². The second-order valence-electron chi connectivity index (χ2n) is 5.22. The van der Waals surface area contributed by atoms with Crippen LogP contribution in [-0.4, -0.2) is 27.1 Å². The largest absolute Gasteiger partial charge is 0.357 e. The van der Waals surface area contributed by atoms with Crippen LogP contribution in [0, 0.1) is 5.82 Å². The lowest BCUT2D eigenvalue weighted by Crippen LogP contribution is -2.37. The SMILES string of the molecule is CCNC(=NCc1ccc(F)cc1)NCc1nnc2ccccn12.I. The highest BCUT2D eigenvalue weighted by Crippen LogP contribution is 2.04. The molecule has 25 heavy (non-hydrogen) atoms. The van der Waals surface area contributed by atoms with Gasteiger partial charge in [0, 0.05) is 12.7 Å². The maximum absolute atomic E-state index is 12.9. The zero-order chi connectivity index (χ0) is 16.8. The van der Waals surface area contributed by atoms with Crippen LogP contribution in [-0.2, 0) is 13.1 Å². The summed E-state index contributed by atoms with van der Waals surface area (Å²) in [5.74, 6) is 1.24. The van der Waals surface area contributed by atoms with Gasteiger partial charge in [-0.2, -0.15) is 0 Å². The van der Waals surface area contributed by atoms with Crippen molar-refractivity contribution in [3.8, 4) is 0 Å². The highest BCUT2D eigenvalue weighted by molar-refractivity contribution is 14.0. The van der Waals surface area contributed by atoms with Crippen molar-refractivity contribution >= 4 is 35.6 Å². The van der Waals surface area contributed by atoms with Crippen molar-refractivity contribution in [3.05, 3.63) is 65.9 Å². The smallest absolute Gasteiger partial charge is 0.191 e. The second-order valence-corrected chi connectivity index (χ2v) is 5.22. The predicted octanol–water partition coefficient (Wildman–Crippen LogP) is 2.74. The number of hydrogen-bond donors (Lipinski definition) is 2. The van der Waals surface area contributed by atoms with E-state index in [0.29, 0.717) is 19.0 Å². The van der Waals surface area contributed by atoms with E-state index in [9.17, 15) is 4.39 Å². The van der Waals surface area contributed by atoms with Crippen LogP contribution in [0.2, 0.25) is 0 Å². The second kappa shape index (κ2) is 9.30. The van der Waals surface area contributed by atoms with Crippen molar-refractivity contribution in [2.45, 2.75) is 20.0 Å². The minimum absolute atomic E-state index is 0. The summed E-state index contributed by atoms with van der Waals surface area (Å²) in [6.07, 6.45) is 1.93. The quantitative estimate of drug-likeness (QED) is 0.354. The van der Waals surface area contributed by atoms with Crippen molar-refractivity contribution in [2.75, 3.05) is 6.54 Å². The highest BCUT2D eigenvalue weighted by atomic mass is 127. The Hall–Kier alpha value is -2.23. The third-order valence-electron chi connectivity index (χ3n) is 3.48. The van der Waals surface area contributed by atoms with Gasteiger partial charge in [-0.3, -0.25) is 4.40 Å². The summed E-state index contributed by atoms with van der Waals surface area (Å²) in [4.78, 5) is 4.51. The molecule has 0 aliphatic heterocycles. The molecule has 0 aliphatic carbocycles. The van der Waals surface area contributed by atoms with E-state index in [-0.39, 0.29) is 29.8 Å². The molecule has 0 spiro atoms. The van der Waals surface area contributed by atoms with E-state index < -0.39 is 0 Å². The zero-order valence-electron chi connectivity index (χ0n) is 13.8. The Morgan fingerprint density at radius 1 is 1.12 bits per heavy atom. The summed E-state index contributed by atoms with van der Waals surface area (Å²) >= 11 is 0. The number of nitrogens with one attached hydrogen (secondary N) is 2. The van der Waals surface area contributed by atoms with Crippen LogP contribution in [0.3, 0.4) is 0 Å². The number of halogens is 2. The molecule has 132 valence electrons. The normalized spacial score (nSPS) is 11.2. The third kappa shape index (κ3) is 5.12. The summed E-state index contributed by atoms with van der Waals surface area (Å²) in [6.45, 7) is 3.72. The Labute approximate surface area is 162 Å². The van der Waals surface area contributed by atoms with Crippen molar-refractivity contribution in [3.63, 3.8) is 0 Å². The molecule has 0 saturated heterocycles. The molecule has 2 N–H and O–H groups in total. The van der Waals surface area contributed by atoms with Crippen LogP contribution in [0.15, 0.2) is 53.7 Å². The first-order chi connectivity index (χ1) is 11.8.